The van der Waals surface area contributed by atoms with Crippen molar-refractivity contribution >= 4 is 28.9 Å². The summed E-state index contributed by atoms with van der Waals surface area (Å²) in [5.41, 5.74) is 3.47. The monoisotopic (exact) mass is 496 g/mol. The molecule has 188 valence electrons. The highest BCUT2D eigenvalue weighted by atomic mass is 16.5. The van der Waals surface area contributed by atoms with Crippen LogP contribution in [0.2, 0.25) is 0 Å². The Labute approximate surface area is 215 Å². The maximum absolute atomic E-state index is 12.6. The molecule has 0 atom stereocenters. The number of benzene rings is 4. The van der Waals surface area contributed by atoms with Gasteiger partial charge in [0.05, 0.1) is 18.4 Å². The number of hydrogen-bond donors (Lipinski definition) is 1. The fourth-order valence-corrected chi connectivity index (χ4v) is 3.55. The van der Waals surface area contributed by atoms with Crippen molar-refractivity contribution < 1.29 is 23.8 Å². The Bertz CT molecular complexity index is 1370. The third-order valence-corrected chi connectivity index (χ3v) is 5.49. The van der Waals surface area contributed by atoms with Gasteiger partial charge >= 0.3 is 5.97 Å². The fourth-order valence-electron chi connectivity index (χ4n) is 3.55. The zero-order chi connectivity index (χ0) is 25.9. The molecule has 4 rings (SSSR count). The summed E-state index contributed by atoms with van der Waals surface area (Å²) in [6.07, 6.45) is 3.53. The molecular formula is C30H28N2O5. The molecule has 0 aliphatic carbocycles. The van der Waals surface area contributed by atoms with E-state index in [1.54, 1.807) is 54.6 Å². The van der Waals surface area contributed by atoms with Crippen molar-refractivity contribution in [2.24, 2.45) is 5.10 Å². The number of unbranched alkanes of at least 4 members (excludes halogenated alkanes) is 1. The van der Waals surface area contributed by atoms with Crippen molar-refractivity contribution in [2.75, 3.05) is 13.2 Å². The van der Waals surface area contributed by atoms with Crippen LogP contribution in [0.25, 0.3) is 10.8 Å². The highest BCUT2D eigenvalue weighted by Gasteiger charge is 2.13. The molecule has 0 spiro atoms. The Balaban J connectivity index is 1.39. The van der Waals surface area contributed by atoms with Gasteiger partial charge in [-0.3, -0.25) is 4.79 Å². The van der Waals surface area contributed by atoms with E-state index >= 15 is 0 Å². The first-order valence-corrected chi connectivity index (χ1v) is 12.1. The first kappa shape index (κ1) is 25.4. The first-order valence-electron chi connectivity index (χ1n) is 12.1. The zero-order valence-corrected chi connectivity index (χ0v) is 20.6. The Morgan fingerprint density at radius 1 is 0.838 bits per heavy atom. The third kappa shape index (κ3) is 7.18. The van der Waals surface area contributed by atoms with E-state index in [1.165, 1.54) is 6.21 Å². The molecule has 0 bridgehead atoms. The minimum absolute atomic E-state index is 0.210. The molecule has 0 unspecified atom stereocenters. The Morgan fingerprint density at radius 3 is 2.30 bits per heavy atom. The molecule has 0 heterocycles. The fraction of sp³-hybridized carbons (Fsp3) is 0.167. The quantitative estimate of drug-likeness (QED) is 0.0937. The molecule has 37 heavy (non-hydrogen) atoms. The Kier molecular flexibility index (Phi) is 8.86. The van der Waals surface area contributed by atoms with Crippen molar-refractivity contribution in [3.8, 4) is 17.2 Å². The third-order valence-electron chi connectivity index (χ3n) is 5.49. The largest absolute Gasteiger partial charge is 0.494 e. The lowest BCUT2D eigenvalue weighted by molar-refractivity contribution is -0.123. The first-order chi connectivity index (χ1) is 18.1. The summed E-state index contributed by atoms with van der Waals surface area (Å²) in [5.74, 6) is 0.732. The van der Waals surface area contributed by atoms with Crippen molar-refractivity contribution in [1.82, 2.24) is 5.43 Å². The van der Waals surface area contributed by atoms with Gasteiger partial charge in [0.25, 0.3) is 5.91 Å². The van der Waals surface area contributed by atoms with Gasteiger partial charge in [-0.05, 0) is 59.7 Å². The van der Waals surface area contributed by atoms with E-state index in [4.69, 9.17) is 14.2 Å². The second kappa shape index (κ2) is 12.9. The predicted molar refractivity (Wildman–Crippen MR) is 143 cm³/mol. The smallest absolute Gasteiger partial charge is 0.343 e. The molecule has 7 nitrogen and oxygen atoms in total. The van der Waals surface area contributed by atoms with Crippen LogP contribution in [-0.4, -0.2) is 31.3 Å². The number of rotatable bonds is 11. The summed E-state index contributed by atoms with van der Waals surface area (Å²) in [7, 11) is 0. The van der Waals surface area contributed by atoms with Crippen LogP contribution in [0, 0.1) is 0 Å². The normalized spacial score (nSPS) is 10.8. The minimum Gasteiger partial charge on any atom is -0.494 e. The molecule has 7 heteroatoms. The topological polar surface area (TPSA) is 86.2 Å². The van der Waals surface area contributed by atoms with E-state index in [2.05, 4.69) is 17.5 Å². The summed E-state index contributed by atoms with van der Waals surface area (Å²) >= 11 is 0. The summed E-state index contributed by atoms with van der Waals surface area (Å²) < 4.78 is 16.8. The van der Waals surface area contributed by atoms with Crippen LogP contribution in [0.15, 0.2) is 96.1 Å². The van der Waals surface area contributed by atoms with Crippen LogP contribution in [0.4, 0.5) is 0 Å². The van der Waals surface area contributed by atoms with E-state index in [1.807, 2.05) is 36.4 Å². The zero-order valence-electron chi connectivity index (χ0n) is 20.6. The molecule has 0 aliphatic rings. The molecule has 4 aromatic rings. The molecular weight excluding hydrogens is 468 g/mol. The molecule has 1 N–H and O–H groups in total. The molecule has 0 aliphatic heterocycles. The summed E-state index contributed by atoms with van der Waals surface area (Å²) in [6.45, 7) is 2.57. The second-order valence-electron chi connectivity index (χ2n) is 8.21. The van der Waals surface area contributed by atoms with Gasteiger partial charge in [-0.25, -0.2) is 10.2 Å². The number of hydrazone groups is 1. The number of carbonyl (C=O) groups is 2. The standard InChI is InChI=1S/C30H28N2O5/c1-2-3-19-35-24-14-16-25(17-15-24)36-21-29(33)32-31-20-27-26-12-8-7-9-22(26)13-18-28(27)37-30(34)23-10-5-4-6-11-23/h4-18,20H,2-3,19,21H2,1H3,(H,32,33). The highest BCUT2D eigenvalue weighted by molar-refractivity contribution is 6.04. The predicted octanol–water partition coefficient (Wildman–Crippen LogP) is 5.77. The second-order valence-corrected chi connectivity index (χ2v) is 8.21. The maximum atomic E-state index is 12.6. The average molecular weight is 497 g/mol. The van der Waals surface area contributed by atoms with Gasteiger partial charge in [0, 0.05) is 5.56 Å². The van der Waals surface area contributed by atoms with Gasteiger partial charge < -0.3 is 14.2 Å². The summed E-state index contributed by atoms with van der Waals surface area (Å²) in [6, 6.07) is 27.1. The molecule has 0 saturated heterocycles. The number of carbonyl (C=O) groups excluding carboxylic acids is 2. The van der Waals surface area contributed by atoms with E-state index in [9.17, 15) is 9.59 Å². The molecule has 4 aromatic carbocycles. The number of hydrogen-bond acceptors (Lipinski definition) is 6. The van der Waals surface area contributed by atoms with E-state index in [0.717, 1.165) is 29.4 Å². The Hall–Kier alpha value is -4.65. The van der Waals surface area contributed by atoms with Crippen LogP contribution in [0.1, 0.15) is 35.7 Å². The molecule has 0 saturated carbocycles. The lowest BCUT2D eigenvalue weighted by atomic mass is 10.0. The number of ether oxygens (including phenoxy) is 3. The summed E-state index contributed by atoms with van der Waals surface area (Å²) in [4.78, 5) is 24.9. The lowest BCUT2D eigenvalue weighted by Crippen LogP contribution is -2.24. The van der Waals surface area contributed by atoms with Crippen LogP contribution < -0.4 is 19.6 Å². The SMILES string of the molecule is CCCCOc1ccc(OCC(=O)NN=Cc2c(OC(=O)c3ccccc3)ccc3ccccc23)cc1. The van der Waals surface area contributed by atoms with Crippen LogP contribution in [0.3, 0.4) is 0 Å². The lowest BCUT2D eigenvalue weighted by Gasteiger charge is -2.11. The van der Waals surface area contributed by atoms with Crippen LogP contribution in [-0.2, 0) is 4.79 Å². The van der Waals surface area contributed by atoms with Crippen molar-refractivity contribution in [2.45, 2.75) is 19.8 Å². The van der Waals surface area contributed by atoms with Crippen molar-refractivity contribution in [1.29, 1.82) is 0 Å². The van der Waals surface area contributed by atoms with Gasteiger partial charge in [0.2, 0.25) is 0 Å². The van der Waals surface area contributed by atoms with E-state index in [-0.39, 0.29) is 6.61 Å². The number of fused-ring (bicyclic) bond motifs is 1. The molecule has 0 radical (unpaired) electrons. The Morgan fingerprint density at radius 2 is 1.54 bits per heavy atom. The van der Waals surface area contributed by atoms with Gasteiger partial charge in [0.15, 0.2) is 6.61 Å². The highest BCUT2D eigenvalue weighted by Crippen LogP contribution is 2.27. The van der Waals surface area contributed by atoms with E-state index < -0.39 is 11.9 Å². The average Bonchev–Trinajstić information content (AvgIpc) is 2.94. The van der Waals surface area contributed by atoms with Gasteiger partial charge in [0.1, 0.15) is 17.2 Å². The van der Waals surface area contributed by atoms with Crippen LogP contribution in [0.5, 0.6) is 17.2 Å². The van der Waals surface area contributed by atoms with Gasteiger partial charge in [-0.2, -0.15) is 5.10 Å². The number of nitrogens with zero attached hydrogens (tertiary/aromatic N) is 1. The number of amides is 1. The van der Waals surface area contributed by atoms with E-state index in [0.29, 0.717) is 29.2 Å². The molecule has 0 fully saturated rings. The van der Waals surface area contributed by atoms with Crippen molar-refractivity contribution in [3.63, 3.8) is 0 Å². The molecule has 0 aromatic heterocycles. The number of esters is 1. The number of nitrogens with one attached hydrogen (secondary N) is 1. The molecule has 1 amide bonds. The summed E-state index contributed by atoms with van der Waals surface area (Å²) in [5, 5.41) is 5.86. The minimum atomic E-state index is -0.482. The maximum Gasteiger partial charge on any atom is 0.343 e. The van der Waals surface area contributed by atoms with Crippen LogP contribution >= 0.6 is 0 Å². The van der Waals surface area contributed by atoms with Crippen molar-refractivity contribution in [3.05, 3.63) is 102 Å². The van der Waals surface area contributed by atoms with Gasteiger partial charge in [-0.1, -0.05) is 61.9 Å². The van der Waals surface area contributed by atoms with Gasteiger partial charge in [-0.15, -0.1) is 0 Å².